The van der Waals surface area contributed by atoms with Crippen LogP contribution in [0.3, 0.4) is 0 Å². The molecule has 0 amide bonds. The maximum atomic E-state index is 4.05. The molecule has 0 aliphatic carbocycles. The van der Waals surface area contributed by atoms with Gasteiger partial charge in [-0.15, -0.1) is 0 Å². The summed E-state index contributed by atoms with van der Waals surface area (Å²) in [5.74, 6) is 0. The average Bonchev–Trinajstić information content (AvgIpc) is 1.99. The van der Waals surface area contributed by atoms with Gasteiger partial charge in [0.15, 0.2) is 0 Å². The van der Waals surface area contributed by atoms with Crippen LogP contribution in [0, 0.1) is 0 Å². The Morgan fingerprint density at radius 3 is 2.50 bits per heavy atom. The van der Waals surface area contributed by atoms with E-state index in [0.717, 1.165) is 4.43 Å². The van der Waals surface area contributed by atoms with Crippen LogP contribution in [0.25, 0.3) is 0 Å². The van der Waals surface area contributed by atoms with Crippen molar-refractivity contribution in [3.63, 3.8) is 0 Å². The standard InChI is InChI=1S/C7H13IN2/c1-5-6-8(10-4)7(2)9-3/h5,7H,1,3-4,6H2,2H3. The van der Waals surface area contributed by atoms with Crippen molar-refractivity contribution in [3.05, 3.63) is 12.7 Å². The van der Waals surface area contributed by atoms with Crippen LogP contribution in [0.15, 0.2) is 20.9 Å². The molecule has 0 fully saturated rings. The number of rotatable bonds is 5. The number of allylic oxidation sites excluding steroid dienone is 1. The molecule has 0 saturated heterocycles. The number of nitrogens with zero attached hydrogens (tertiary/aromatic N) is 2. The van der Waals surface area contributed by atoms with Gasteiger partial charge in [-0.05, 0) is 0 Å². The van der Waals surface area contributed by atoms with Crippen molar-refractivity contribution >= 4 is 33.5 Å². The van der Waals surface area contributed by atoms with Crippen molar-refractivity contribution in [1.29, 1.82) is 0 Å². The van der Waals surface area contributed by atoms with Gasteiger partial charge in [0.1, 0.15) is 0 Å². The van der Waals surface area contributed by atoms with E-state index in [4.69, 9.17) is 0 Å². The van der Waals surface area contributed by atoms with Gasteiger partial charge in [0.2, 0.25) is 0 Å². The molecule has 0 bridgehead atoms. The molecular formula is C7H13IN2. The zero-order chi connectivity index (χ0) is 7.98. The van der Waals surface area contributed by atoms with Crippen molar-refractivity contribution < 1.29 is 0 Å². The third-order valence-electron chi connectivity index (χ3n) is 1.04. The first-order valence-electron chi connectivity index (χ1n) is 2.94. The Bertz CT molecular complexity index is 134. The summed E-state index contributed by atoms with van der Waals surface area (Å²) in [5.41, 5.74) is 0. The van der Waals surface area contributed by atoms with E-state index in [1.807, 2.05) is 13.0 Å². The Morgan fingerprint density at radius 1 is 1.60 bits per heavy atom. The minimum absolute atomic E-state index is 0.305. The molecule has 0 rings (SSSR count). The summed E-state index contributed by atoms with van der Waals surface area (Å²) in [6.07, 6.45) is 1.89. The third kappa shape index (κ3) is 3.10. The van der Waals surface area contributed by atoms with Crippen LogP contribution in [-0.2, 0) is 0 Å². The number of aliphatic imine (C=N–C) groups is 1. The maximum absolute atomic E-state index is 4.05. The van der Waals surface area contributed by atoms with Crippen molar-refractivity contribution in [2.45, 2.75) is 11.0 Å². The fourth-order valence-electron chi connectivity index (χ4n) is 0.469. The third-order valence-corrected chi connectivity index (χ3v) is 5.91. The van der Waals surface area contributed by atoms with Gasteiger partial charge in [0, 0.05) is 0 Å². The molecule has 0 aliphatic heterocycles. The molecule has 0 heterocycles. The van der Waals surface area contributed by atoms with Gasteiger partial charge in [-0.3, -0.25) is 0 Å². The van der Waals surface area contributed by atoms with E-state index in [1.165, 1.54) is 0 Å². The molecule has 0 aromatic carbocycles. The van der Waals surface area contributed by atoms with Crippen molar-refractivity contribution in [1.82, 2.24) is 0 Å². The molecule has 0 N–H and O–H groups in total. The van der Waals surface area contributed by atoms with E-state index < -0.39 is 20.1 Å². The van der Waals surface area contributed by atoms with E-state index in [1.54, 1.807) is 0 Å². The van der Waals surface area contributed by atoms with Gasteiger partial charge in [-0.2, -0.15) is 0 Å². The number of hydrogen-bond donors (Lipinski definition) is 0. The summed E-state index contributed by atoms with van der Waals surface area (Å²) < 4.78 is 5.34. The first kappa shape index (κ1) is 9.81. The Hall–Kier alpha value is -0.190. The molecule has 0 spiro atoms. The van der Waals surface area contributed by atoms with Crippen molar-refractivity contribution in [2.75, 3.05) is 4.43 Å². The Balaban J connectivity index is 3.90. The number of hydrogen-bond acceptors (Lipinski definition) is 2. The van der Waals surface area contributed by atoms with E-state index >= 15 is 0 Å². The molecule has 0 radical (unpaired) electrons. The van der Waals surface area contributed by atoms with Crippen molar-refractivity contribution in [2.24, 2.45) is 8.20 Å². The van der Waals surface area contributed by atoms with Crippen LogP contribution in [0.1, 0.15) is 6.92 Å². The molecule has 1 atom stereocenters. The zero-order valence-corrected chi connectivity index (χ0v) is 8.41. The molecule has 3 heteroatoms. The SMILES string of the molecule is C=CCI(N=C)C(C)N=C. The minimum atomic E-state index is -1.31. The van der Waals surface area contributed by atoms with Gasteiger partial charge in [0.25, 0.3) is 0 Å². The van der Waals surface area contributed by atoms with Gasteiger partial charge >= 0.3 is 69.8 Å². The molecule has 0 aliphatic rings. The predicted octanol–water partition coefficient (Wildman–Crippen LogP) is 2.34. The monoisotopic (exact) mass is 252 g/mol. The molecule has 0 saturated carbocycles. The Morgan fingerprint density at radius 2 is 2.20 bits per heavy atom. The summed E-state index contributed by atoms with van der Waals surface area (Å²) in [6.45, 7) is 12.7. The van der Waals surface area contributed by atoms with Gasteiger partial charge in [-0.25, -0.2) is 0 Å². The van der Waals surface area contributed by atoms with Crippen LogP contribution < -0.4 is 0 Å². The van der Waals surface area contributed by atoms with Gasteiger partial charge in [-0.1, -0.05) is 0 Å². The Labute approximate surface area is 69.9 Å². The van der Waals surface area contributed by atoms with E-state index in [2.05, 4.69) is 28.2 Å². The topological polar surface area (TPSA) is 24.7 Å². The quantitative estimate of drug-likeness (QED) is 0.236. The fraction of sp³-hybridized carbons (Fsp3) is 0.429. The summed E-state index contributed by atoms with van der Waals surface area (Å²) >= 11 is -1.31. The van der Waals surface area contributed by atoms with E-state index in [-0.39, 0.29) is 0 Å². The van der Waals surface area contributed by atoms with Crippen molar-refractivity contribution in [3.8, 4) is 0 Å². The molecular weight excluding hydrogens is 239 g/mol. The van der Waals surface area contributed by atoms with Crippen LogP contribution in [0.4, 0.5) is 0 Å². The summed E-state index contributed by atoms with van der Waals surface area (Å²) in [5, 5.41) is 0. The molecule has 58 valence electrons. The predicted molar refractivity (Wildman–Crippen MR) is 57.6 cm³/mol. The van der Waals surface area contributed by atoms with Crippen LogP contribution in [0.5, 0.6) is 0 Å². The van der Waals surface area contributed by atoms with Crippen LogP contribution in [0.2, 0.25) is 0 Å². The Kier molecular flexibility index (Phi) is 5.48. The molecule has 0 aromatic rings. The van der Waals surface area contributed by atoms with Crippen LogP contribution in [-0.4, -0.2) is 21.9 Å². The molecule has 2 nitrogen and oxygen atoms in total. The second kappa shape index (κ2) is 5.58. The first-order chi connectivity index (χ1) is 4.76. The summed E-state index contributed by atoms with van der Waals surface area (Å²) in [7, 11) is 0. The fourth-order valence-corrected chi connectivity index (χ4v) is 3.15. The zero-order valence-electron chi connectivity index (χ0n) is 6.26. The summed E-state index contributed by atoms with van der Waals surface area (Å²) in [6, 6.07) is 0. The number of halogens is 1. The van der Waals surface area contributed by atoms with E-state index in [9.17, 15) is 0 Å². The number of alkyl halides is 2. The van der Waals surface area contributed by atoms with Crippen LogP contribution >= 0.6 is 20.1 Å². The van der Waals surface area contributed by atoms with E-state index in [0.29, 0.717) is 4.05 Å². The second-order valence-electron chi connectivity index (χ2n) is 1.69. The van der Waals surface area contributed by atoms with Gasteiger partial charge < -0.3 is 0 Å². The normalized spacial score (nSPS) is 13.5. The first-order valence-corrected chi connectivity index (χ1v) is 6.68. The van der Waals surface area contributed by atoms with Gasteiger partial charge in [0.05, 0.1) is 0 Å². The summed E-state index contributed by atoms with van der Waals surface area (Å²) in [4.78, 5) is 3.92. The molecule has 0 aromatic heterocycles. The average molecular weight is 252 g/mol. The second-order valence-corrected chi connectivity index (χ2v) is 7.18. The molecule has 1 unspecified atom stereocenters. The molecule has 10 heavy (non-hydrogen) atoms.